The van der Waals surface area contributed by atoms with Crippen LogP contribution in [0.25, 0.3) is 0 Å². The molecular formula is C14H32N4. The number of likely N-dealkylation sites (N-methyl/N-ethyl adjacent to an activating group) is 1. The summed E-state index contributed by atoms with van der Waals surface area (Å²) < 4.78 is 0. The van der Waals surface area contributed by atoms with Gasteiger partial charge in [-0.05, 0) is 26.7 Å². The molecule has 18 heavy (non-hydrogen) atoms. The maximum absolute atomic E-state index is 4.16. The minimum Gasteiger partial charge on any atom is -0.362 e. The lowest BCUT2D eigenvalue weighted by Crippen LogP contribution is -2.24. The van der Waals surface area contributed by atoms with Gasteiger partial charge in [-0.15, -0.1) is 0 Å². The average Bonchev–Trinajstić information content (AvgIpc) is 2.92. The Labute approximate surface area is 114 Å². The smallest absolute Gasteiger partial charge is 0.0956 e. The molecule has 0 spiro atoms. The Morgan fingerprint density at radius 3 is 2.00 bits per heavy atom. The Morgan fingerprint density at radius 2 is 1.72 bits per heavy atom. The van der Waals surface area contributed by atoms with Gasteiger partial charge in [-0.2, -0.15) is 0 Å². The van der Waals surface area contributed by atoms with Crippen LogP contribution < -0.4 is 0 Å². The van der Waals surface area contributed by atoms with E-state index in [1.54, 1.807) is 0 Å². The predicted octanol–water partition coefficient (Wildman–Crippen LogP) is 2.75. The van der Waals surface area contributed by atoms with E-state index >= 15 is 0 Å². The molecule has 0 aromatic carbocycles. The quantitative estimate of drug-likeness (QED) is 0.493. The summed E-state index contributed by atoms with van der Waals surface area (Å²) in [6, 6.07) is 0. The number of amidine groups is 2. The maximum Gasteiger partial charge on any atom is 0.0956 e. The minimum absolute atomic E-state index is 0. The van der Waals surface area contributed by atoms with E-state index in [1.807, 2.05) is 14.0 Å². The molecule has 2 rings (SSSR count). The van der Waals surface area contributed by atoms with Crippen molar-refractivity contribution in [3.63, 3.8) is 0 Å². The zero-order chi connectivity index (χ0) is 12.0. The van der Waals surface area contributed by atoms with Crippen LogP contribution in [0, 0.1) is 0 Å². The summed E-state index contributed by atoms with van der Waals surface area (Å²) in [4.78, 5) is 12.8. The van der Waals surface area contributed by atoms with Gasteiger partial charge in [-0.25, -0.2) is 0 Å². The Hall–Kier alpha value is -1.06. The van der Waals surface area contributed by atoms with Crippen molar-refractivity contribution in [3.05, 3.63) is 0 Å². The van der Waals surface area contributed by atoms with Crippen molar-refractivity contribution in [3.8, 4) is 0 Å². The summed E-state index contributed by atoms with van der Waals surface area (Å²) >= 11 is 0. The third kappa shape index (κ3) is 6.03. The van der Waals surface area contributed by atoms with E-state index in [1.165, 1.54) is 37.6 Å². The number of likely N-dealkylation sites (tertiary alicyclic amines) is 1. The first-order valence-electron chi connectivity index (χ1n) is 6.05. The fourth-order valence-corrected chi connectivity index (χ4v) is 1.83. The van der Waals surface area contributed by atoms with Crippen molar-refractivity contribution in [2.45, 2.75) is 41.5 Å². The van der Waals surface area contributed by atoms with Crippen LogP contribution in [0.4, 0.5) is 0 Å². The van der Waals surface area contributed by atoms with Gasteiger partial charge >= 0.3 is 0 Å². The van der Waals surface area contributed by atoms with Crippen molar-refractivity contribution in [2.75, 3.05) is 40.3 Å². The Balaban J connectivity index is 0. The lowest BCUT2D eigenvalue weighted by atomic mass is 10.4. The van der Waals surface area contributed by atoms with E-state index < -0.39 is 0 Å². The lowest BCUT2D eigenvalue weighted by Gasteiger charge is -2.15. The van der Waals surface area contributed by atoms with Gasteiger partial charge in [0.1, 0.15) is 0 Å². The summed E-state index contributed by atoms with van der Waals surface area (Å²) in [5, 5.41) is 0. The van der Waals surface area contributed by atoms with Crippen molar-refractivity contribution in [1.29, 1.82) is 0 Å². The third-order valence-corrected chi connectivity index (χ3v) is 3.22. The first-order chi connectivity index (χ1) is 7.65. The van der Waals surface area contributed by atoms with Gasteiger partial charge in [0.25, 0.3) is 0 Å². The van der Waals surface area contributed by atoms with E-state index in [2.05, 4.69) is 33.8 Å². The summed E-state index contributed by atoms with van der Waals surface area (Å²) in [5.74, 6) is 2.35. The fourth-order valence-electron chi connectivity index (χ4n) is 1.83. The Bertz CT molecular complexity index is 265. The Morgan fingerprint density at radius 1 is 1.17 bits per heavy atom. The normalized spacial score (nSPS) is 18.4. The molecule has 2 heterocycles. The SMILES string of the molecule is C.C.CC1=NCCN1C.CN=C(C)N1CCCC1. The predicted molar refractivity (Wildman–Crippen MR) is 83.9 cm³/mol. The van der Waals surface area contributed by atoms with Crippen LogP contribution >= 0.6 is 0 Å². The summed E-state index contributed by atoms with van der Waals surface area (Å²) in [5.41, 5.74) is 0. The molecule has 2 aliphatic heterocycles. The summed E-state index contributed by atoms with van der Waals surface area (Å²) in [6.07, 6.45) is 2.68. The van der Waals surface area contributed by atoms with Crippen molar-refractivity contribution in [2.24, 2.45) is 9.98 Å². The van der Waals surface area contributed by atoms with Crippen molar-refractivity contribution >= 4 is 11.7 Å². The highest BCUT2D eigenvalue weighted by Crippen LogP contribution is 2.07. The van der Waals surface area contributed by atoms with Crippen molar-refractivity contribution < 1.29 is 0 Å². The average molecular weight is 256 g/mol. The highest BCUT2D eigenvalue weighted by atomic mass is 15.2. The second kappa shape index (κ2) is 9.92. The standard InChI is InChI=1S/C7H14N2.C5H10N2.2CH4/c1-7(8-2)9-5-3-4-6-9;1-5-6-3-4-7(5)2;;/h3-6H2,1-2H3;3-4H2,1-2H3;2*1H4. The molecule has 0 saturated carbocycles. The molecular weight excluding hydrogens is 224 g/mol. The molecule has 0 unspecified atom stereocenters. The lowest BCUT2D eigenvalue weighted by molar-refractivity contribution is 0.515. The molecule has 0 atom stereocenters. The number of hydrogen-bond donors (Lipinski definition) is 0. The fraction of sp³-hybridized carbons (Fsp3) is 0.857. The molecule has 4 nitrogen and oxygen atoms in total. The third-order valence-electron chi connectivity index (χ3n) is 3.22. The molecule has 0 bridgehead atoms. The highest BCUT2D eigenvalue weighted by molar-refractivity contribution is 5.80. The van der Waals surface area contributed by atoms with E-state index in [9.17, 15) is 0 Å². The minimum atomic E-state index is 0. The molecule has 0 N–H and O–H groups in total. The first-order valence-corrected chi connectivity index (χ1v) is 6.05. The first kappa shape index (κ1) is 19.3. The number of nitrogens with zero attached hydrogens (tertiary/aromatic N) is 4. The summed E-state index contributed by atoms with van der Waals surface area (Å²) in [7, 11) is 3.92. The molecule has 4 heteroatoms. The van der Waals surface area contributed by atoms with Crippen molar-refractivity contribution in [1.82, 2.24) is 9.80 Å². The van der Waals surface area contributed by atoms with Crippen LogP contribution in [0.5, 0.6) is 0 Å². The number of hydrogen-bond acceptors (Lipinski definition) is 3. The van der Waals surface area contributed by atoms with Crippen LogP contribution in [0.3, 0.4) is 0 Å². The van der Waals surface area contributed by atoms with Gasteiger partial charge < -0.3 is 9.80 Å². The largest absolute Gasteiger partial charge is 0.362 e. The maximum atomic E-state index is 4.16. The molecule has 108 valence electrons. The second-order valence-electron chi connectivity index (χ2n) is 4.32. The van der Waals surface area contributed by atoms with Gasteiger partial charge in [0.15, 0.2) is 0 Å². The molecule has 0 amide bonds. The zero-order valence-electron chi connectivity index (χ0n) is 11.0. The van der Waals surface area contributed by atoms with E-state index in [-0.39, 0.29) is 14.9 Å². The summed E-state index contributed by atoms with van der Waals surface area (Å²) in [6.45, 7) is 8.62. The van der Waals surface area contributed by atoms with Gasteiger partial charge in [-0.1, -0.05) is 14.9 Å². The van der Waals surface area contributed by atoms with Crippen LogP contribution in [0.15, 0.2) is 9.98 Å². The molecule has 0 aromatic rings. The molecule has 1 fully saturated rings. The van der Waals surface area contributed by atoms with Crippen LogP contribution in [0.2, 0.25) is 0 Å². The van der Waals surface area contributed by atoms with Gasteiger partial charge in [0.2, 0.25) is 0 Å². The van der Waals surface area contributed by atoms with Gasteiger partial charge in [0, 0.05) is 33.7 Å². The monoisotopic (exact) mass is 256 g/mol. The zero-order valence-corrected chi connectivity index (χ0v) is 11.0. The highest BCUT2D eigenvalue weighted by Gasteiger charge is 2.10. The molecule has 2 aliphatic rings. The molecule has 0 radical (unpaired) electrons. The van der Waals surface area contributed by atoms with Crippen LogP contribution in [-0.2, 0) is 0 Å². The van der Waals surface area contributed by atoms with Crippen LogP contribution in [0.1, 0.15) is 41.5 Å². The number of rotatable bonds is 0. The van der Waals surface area contributed by atoms with E-state index in [0.717, 1.165) is 13.1 Å². The molecule has 0 aliphatic carbocycles. The molecule has 0 aromatic heterocycles. The second-order valence-corrected chi connectivity index (χ2v) is 4.32. The van der Waals surface area contributed by atoms with Gasteiger partial charge in [-0.3, -0.25) is 9.98 Å². The van der Waals surface area contributed by atoms with Gasteiger partial charge in [0.05, 0.1) is 18.2 Å². The van der Waals surface area contributed by atoms with E-state index in [4.69, 9.17) is 0 Å². The van der Waals surface area contributed by atoms with E-state index in [0.29, 0.717) is 0 Å². The van der Waals surface area contributed by atoms with Crippen LogP contribution in [-0.4, -0.2) is 61.7 Å². The Kier molecular flexibility index (Phi) is 10.6. The number of aliphatic imine (C=N–C) groups is 2. The molecule has 1 saturated heterocycles. The topological polar surface area (TPSA) is 31.2 Å².